The van der Waals surface area contributed by atoms with Gasteiger partial charge in [-0.15, -0.1) is 0 Å². The van der Waals surface area contributed by atoms with Crippen LogP contribution in [-0.4, -0.2) is 59.6 Å². The van der Waals surface area contributed by atoms with E-state index in [9.17, 15) is 13.2 Å². The minimum absolute atomic E-state index is 0.0749. The van der Waals surface area contributed by atoms with E-state index in [1.165, 1.54) is 10.6 Å². The SMILES string of the molecule is CS(=O)(=O)N1CCC(c2noc(CCNC(=O)Cc3ccncc3)n2)CC1. The van der Waals surface area contributed by atoms with Crippen LogP contribution in [0, 0.1) is 0 Å². The Kier molecular flexibility index (Phi) is 6.17. The molecule has 1 saturated heterocycles. The zero-order valence-corrected chi connectivity index (χ0v) is 16.0. The fourth-order valence-corrected chi connectivity index (χ4v) is 3.91. The first-order valence-corrected chi connectivity index (χ1v) is 10.7. The van der Waals surface area contributed by atoms with Gasteiger partial charge in [-0.1, -0.05) is 5.16 Å². The van der Waals surface area contributed by atoms with Crippen molar-refractivity contribution in [3.8, 4) is 0 Å². The van der Waals surface area contributed by atoms with Crippen LogP contribution in [0.3, 0.4) is 0 Å². The summed E-state index contributed by atoms with van der Waals surface area (Å²) in [4.78, 5) is 20.2. The summed E-state index contributed by atoms with van der Waals surface area (Å²) in [6.07, 6.45) is 6.64. The number of aromatic nitrogens is 3. The Morgan fingerprint density at radius 2 is 2.00 bits per heavy atom. The number of hydrogen-bond donors (Lipinski definition) is 1. The van der Waals surface area contributed by atoms with Crippen molar-refractivity contribution < 1.29 is 17.7 Å². The van der Waals surface area contributed by atoms with Crippen LogP contribution < -0.4 is 5.32 Å². The lowest BCUT2D eigenvalue weighted by Crippen LogP contribution is -2.37. The number of piperidine rings is 1. The molecule has 3 rings (SSSR count). The zero-order chi connectivity index (χ0) is 19.3. The lowest BCUT2D eigenvalue weighted by Gasteiger charge is -2.28. The highest BCUT2D eigenvalue weighted by atomic mass is 32.2. The van der Waals surface area contributed by atoms with Crippen molar-refractivity contribution in [2.75, 3.05) is 25.9 Å². The minimum atomic E-state index is -3.14. The van der Waals surface area contributed by atoms with Gasteiger partial charge in [0.05, 0.1) is 12.7 Å². The van der Waals surface area contributed by atoms with E-state index in [0.29, 0.717) is 57.0 Å². The lowest BCUT2D eigenvalue weighted by atomic mass is 9.97. The number of nitrogens with one attached hydrogen (secondary N) is 1. The topological polar surface area (TPSA) is 118 Å². The van der Waals surface area contributed by atoms with Gasteiger partial charge < -0.3 is 9.84 Å². The van der Waals surface area contributed by atoms with Crippen LogP contribution in [0.4, 0.5) is 0 Å². The smallest absolute Gasteiger partial charge is 0.228 e. The van der Waals surface area contributed by atoms with Crippen LogP contribution in [-0.2, 0) is 27.7 Å². The highest BCUT2D eigenvalue weighted by Gasteiger charge is 2.28. The van der Waals surface area contributed by atoms with Crippen LogP contribution in [0.5, 0.6) is 0 Å². The van der Waals surface area contributed by atoms with Crippen LogP contribution in [0.1, 0.15) is 36.0 Å². The molecule has 2 aromatic rings. The maximum absolute atomic E-state index is 11.9. The van der Waals surface area contributed by atoms with Gasteiger partial charge in [0.2, 0.25) is 21.8 Å². The standard InChI is InChI=1S/C17H23N5O4S/c1-27(24,25)22-10-5-14(6-11-22)17-20-16(26-21-17)4-9-19-15(23)12-13-2-7-18-8-3-13/h2-3,7-8,14H,4-6,9-12H2,1H3,(H,19,23). The second kappa shape index (κ2) is 8.57. The van der Waals surface area contributed by atoms with Crippen LogP contribution in [0.15, 0.2) is 29.0 Å². The Morgan fingerprint density at radius 3 is 2.67 bits per heavy atom. The Bertz CT molecular complexity index is 860. The second-order valence-electron chi connectivity index (χ2n) is 6.61. The van der Waals surface area contributed by atoms with Crippen molar-refractivity contribution in [3.63, 3.8) is 0 Å². The molecular formula is C17H23N5O4S. The molecule has 1 fully saturated rings. The van der Waals surface area contributed by atoms with Crippen molar-refractivity contribution in [2.24, 2.45) is 0 Å². The van der Waals surface area contributed by atoms with Crippen LogP contribution >= 0.6 is 0 Å². The summed E-state index contributed by atoms with van der Waals surface area (Å²) in [5.41, 5.74) is 0.906. The molecule has 0 spiro atoms. The Morgan fingerprint density at radius 1 is 1.30 bits per heavy atom. The van der Waals surface area contributed by atoms with Crippen molar-refractivity contribution in [3.05, 3.63) is 41.8 Å². The number of carbonyl (C=O) groups is 1. The summed E-state index contributed by atoms with van der Waals surface area (Å²) >= 11 is 0. The molecule has 1 amide bonds. The van der Waals surface area contributed by atoms with Gasteiger partial charge in [-0.3, -0.25) is 9.78 Å². The van der Waals surface area contributed by atoms with Gasteiger partial charge in [-0.05, 0) is 30.5 Å². The molecule has 1 aliphatic rings. The third-order valence-electron chi connectivity index (χ3n) is 4.55. The van der Waals surface area contributed by atoms with E-state index in [1.54, 1.807) is 24.5 Å². The number of amides is 1. The lowest BCUT2D eigenvalue weighted by molar-refractivity contribution is -0.120. The number of carbonyl (C=O) groups excluding carboxylic acids is 1. The number of sulfonamides is 1. The fourth-order valence-electron chi connectivity index (χ4n) is 3.04. The van der Waals surface area contributed by atoms with Gasteiger partial charge in [0.1, 0.15) is 0 Å². The molecule has 0 saturated carbocycles. The molecule has 1 aliphatic heterocycles. The molecule has 3 heterocycles. The van der Waals surface area contributed by atoms with Crippen molar-refractivity contribution >= 4 is 15.9 Å². The van der Waals surface area contributed by atoms with Gasteiger partial charge in [-0.25, -0.2) is 12.7 Å². The predicted molar refractivity (Wildman–Crippen MR) is 97.3 cm³/mol. The maximum atomic E-state index is 11.9. The van der Waals surface area contributed by atoms with E-state index < -0.39 is 10.0 Å². The van der Waals surface area contributed by atoms with Crippen molar-refractivity contribution in [1.29, 1.82) is 0 Å². The second-order valence-corrected chi connectivity index (χ2v) is 8.60. The van der Waals surface area contributed by atoms with Crippen LogP contribution in [0.2, 0.25) is 0 Å². The van der Waals surface area contributed by atoms with E-state index >= 15 is 0 Å². The summed E-state index contributed by atoms with van der Waals surface area (Å²) < 4.78 is 29.9. The number of pyridine rings is 1. The van der Waals surface area contributed by atoms with E-state index in [0.717, 1.165) is 5.56 Å². The molecule has 1 N–H and O–H groups in total. The molecule has 0 unspecified atom stereocenters. The molecule has 0 aliphatic carbocycles. The largest absolute Gasteiger partial charge is 0.355 e. The summed E-state index contributed by atoms with van der Waals surface area (Å²) in [7, 11) is -3.14. The molecule has 0 bridgehead atoms. The third kappa shape index (κ3) is 5.57. The molecule has 10 heteroatoms. The zero-order valence-electron chi connectivity index (χ0n) is 15.2. The first-order chi connectivity index (χ1) is 12.9. The van der Waals surface area contributed by atoms with Gasteiger partial charge in [0, 0.05) is 44.4 Å². The molecular weight excluding hydrogens is 370 g/mol. The Labute approximate surface area is 158 Å². The summed E-state index contributed by atoms with van der Waals surface area (Å²) in [6, 6.07) is 3.61. The first-order valence-electron chi connectivity index (χ1n) is 8.85. The minimum Gasteiger partial charge on any atom is -0.355 e. The number of rotatable bonds is 7. The Balaban J connectivity index is 1.43. The molecule has 2 aromatic heterocycles. The van der Waals surface area contributed by atoms with Gasteiger partial charge >= 0.3 is 0 Å². The molecule has 0 radical (unpaired) electrons. The fraction of sp³-hybridized carbons (Fsp3) is 0.529. The summed E-state index contributed by atoms with van der Waals surface area (Å²) in [5.74, 6) is 1.11. The summed E-state index contributed by atoms with van der Waals surface area (Å²) in [5, 5.41) is 6.85. The first kappa shape index (κ1) is 19.4. The van der Waals surface area contributed by atoms with Gasteiger partial charge in [-0.2, -0.15) is 4.98 Å². The normalized spacial score (nSPS) is 16.3. The average Bonchev–Trinajstić information content (AvgIpc) is 3.11. The number of hydrogen-bond acceptors (Lipinski definition) is 7. The highest BCUT2D eigenvalue weighted by Crippen LogP contribution is 2.26. The van der Waals surface area contributed by atoms with Crippen molar-refractivity contribution in [1.82, 2.24) is 24.7 Å². The molecule has 9 nitrogen and oxygen atoms in total. The highest BCUT2D eigenvalue weighted by molar-refractivity contribution is 7.88. The van der Waals surface area contributed by atoms with E-state index in [-0.39, 0.29) is 11.8 Å². The predicted octanol–water partition coefficient (Wildman–Crippen LogP) is 0.505. The van der Waals surface area contributed by atoms with E-state index in [4.69, 9.17) is 4.52 Å². The summed E-state index contributed by atoms with van der Waals surface area (Å²) in [6.45, 7) is 1.36. The maximum Gasteiger partial charge on any atom is 0.228 e. The monoisotopic (exact) mass is 393 g/mol. The van der Waals surface area contributed by atoms with Gasteiger partial charge in [0.15, 0.2) is 5.82 Å². The van der Waals surface area contributed by atoms with Crippen molar-refractivity contribution in [2.45, 2.75) is 31.6 Å². The van der Waals surface area contributed by atoms with E-state index in [1.807, 2.05) is 0 Å². The molecule has 27 heavy (non-hydrogen) atoms. The Hall–Kier alpha value is -2.33. The molecule has 0 aromatic carbocycles. The third-order valence-corrected chi connectivity index (χ3v) is 5.85. The number of nitrogens with zero attached hydrogens (tertiary/aromatic N) is 4. The molecule has 0 atom stereocenters. The quantitative estimate of drug-likeness (QED) is 0.728. The molecule has 146 valence electrons. The average molecular weight is 393 g/mol. The van der Waals surface area contributed by atoms with Crippen LogP contribution in [0.25, 0.3) is 0 Å². The van der Waals surface area contributed by atoms with Gasteiger partial charge in [0.25, 0.3) is 0 Å². The van der Waals surface area contributed by atoms with E-state index in [2.05, 4.69) is 20.4 Å².